The summed E-state index contributed by atoms with van der Waals surface area (Å²) >= 11 is 1.66. The Morgan fingerprint density at radius 3 is 2.36 bits per heavy atom. The third kappa shape index (κ3) is 2.70. The van der Waals surface area contributed by atoms with Crippen LogP contribution in [0.3, 0.4) is 0 Å². The van der Waals surface area contributed by atoms with Crippen molar-refractivity contribution in [1.29, 1.82) is 0 Å². The van der Waals surface area contributed by atoms with E-state index in [1.54, 1.807) is 22.6 Å². The number of ketones is 1. The molecule has 2 aromatic carbocycles. The summed E-state index contributed by atoms with van der Waals surface area (Å²) in [6.07, 6.45) is 3.66. The number of hydrogen-bond donors (Lipinski definition) is 0. The average Bonchev–Trinajstić information content (AvgIpc) is 2.96. The Morgan fingerprint density at radius 2 is 1.73 bits per heavy atom. The lowest BCUT2D eigenvalue weighted by atomic mass is 10.0. The van der Waals surface area contributed by atoms with Gasteiger partial charge in [-0.3, -0.25) is 4.79 Å². The highest BCUT2D eigenvalue weighted by molar-refractivity contribution is 7.98. The minimum Gasteiger partial charge on any atom is -0.288 e. The van der Waals surface area contributed by atoms with Crippen LogP contribution in [0.15, 0.2) is 65.7 Å². The van der Waals surface area contributed by atoms with E-state index in [4.69, 9.17) is 0 Å². The number of carbonyl (C=O) groups is 1. The number of benzene rings is 2. The van der Waals surface area contributed by atoms with E-state index < -0.39 is 0 Å². The van der Waals surface area contributed by atoms with Gasteiger partial charge in [0.25, 0.3) is 0 Å². The molecule has 0 unspecified atom stereocenters. The molecule has 3 aromatic rings. The van der Waals surface area contributed by atoms with Gasteiger partial charge in [0.1, 0.15) is 0 Å². The minimum absolute atomic E-state index is 0.00679. The van der Waals surface area contributed by atoms with Crippen molar-refractivity contribution in [3.8, 4) is 5.69 Å². The molecule has 0 spiro atoms. The van der Waals surface area contributed by atoms with Crippen molar-refractivity contribution in [3.63, 3.8) is 0 Å². The predicted molar refractivity (Wildman–Crippen MR) is 90.0 cm³/mol. The van der Waals surface area contributed by atoms with Crippen LogP contribution in [0, 0.1) is 6.92 Å². The molecule has 22 heavy (non-hydrogen) atoms. The van der Waals surface area contributed by atoms with E-state index in [-0.39, 0.29) is 5.78 Å². The Balaban J connectivity index is 1.95. The zero-order valence-corrected chi connectivity index (χ0v) is 13.3. The molecule has 3 rings (SSSR count). The van der Waals surface area contributed by atoms with E-state index in [1.807, 2.05) is 67.8 Å². The van der Waals surface area contributed by atoms with Gasteiger partial charge < -0.3 is 0 Å². The number of rotatable bonds is 4. The molecule has 0 radical (unpaired) electrons. The second-order valence-corrected chi connectivity index (χ2v) is 5.83. The topological polar surface area (TPSA) is 34.9 Å². The maximum atomic E-state index is 12.7. The number of nitrogens with zero attached hydrogens (tertiary/aromatic N) is 2. The van der Waals surface area contributed by atoms with Gasteiger partial charge in [-0.05, 0) is 49.6 Å². The molecule has 1 heterocycles. The van der Waals surface area contributed by atoms with Crippen molar-refractivity contribution in [2.45, 2.75) is 11.8 Å². The molecule has 0 aliphatic carbocycles. The lowest BCUT2D eigenvalue weighted by Crippen LogP contribution is -2.04. The Bertz CT molecular complexity index is 792. The van der Waals surface area contributed by atoms with Gasteiger partial charge in [-0.15, -0.1) is 11.8 Å². The monoisotopic (exact) mass is 308 g/mol. The highest BCUT2D eigenvalue weighted by atomic mass is 32.2. The van der Waals surface area contributed by atoms with Crippen molar-refractivity contribution in [2.75, 3.05) is 6.26 Å². The van der Waals surface area contributed by atoms with Crippen LogP contribution in [-0.4, -0.2) is 21.8 Å². The number of thioether (sulfide) groups is 1. The first-order valence-corrected chi connectivity index (χ1v) is 8.22. The van der Waals surface area contributed by atoms with Crippen LogP contribution in [0.25, 0.3) is 5.69 Å². The summed E-state index contributed by atoms with van der Waals surface area (Å²) in [7, 11) is 0. The first-order chi connectivity index (χ1) is 10.7. The molecule has 0 aliphatic rings. The third-order valence-electron chi connectivity index (χ3n) is 3.61. The molecule has 0 amide bonds. The molecule has 0 N–H and O–H groups in total. The quantitative estimate of drug-likeness (QED) is 0.537. The van der Waals surface area contributed by atoms with Crippen LogP contribution in [0.2, 0.25) is 0 Å². The highest BCUT2D eigenvalue weighted by Gasteiger charge is 2.16. The molecule has 0 atom stereocenters. The molecule has 0 saturated carbocycles. The maximum absolute atomic E-state index is 12.7. The fourth-order valence-corrected chi connectivity index (χ4v) is 2.77. The Kier molecular flexibility index (Phi) is 4.11. The average molecular weight is 308 g/mol. The molecule has 4 heteroatoms. The van der Waals surface area contributed by atoms with E-state index >= 15 is 0 Å². The lowest BCUT2D eigenvalue weighted by molar-refractivity contribution is 0.103. The van der Waals surface area contributed by atoms with Crippen molar-refractivity contribution >= 4 is 17.5 Å². The van der Waals surface area contributed by atoms with Crippen LogP contribution in [-0.2, 0) is 0 Å². The van der Waals surface area contributed by atoms with Gasteiger partial charge in [0.15, 0.2) is 5.78 Å². The number of aromatic nitrogens is 2. The van der Waals surface area contributed by atoms with Crippen LogP contribution in [0.4, 0.5) is 0 Å². The smallest absolute Gasteiger partial charge is 0.196 e. The molecular weight excluding hydrogens is 292 g/mol. The van der Waals surface area contributed by atoms with Gasteiger partial charge in [0, 0.05) is 10.5 Å². The molecule has 0 bridgehead atoms. The summed E-state index contributed by atoms with van der Waals surface area (Å²) in [5, 5.41) is 4.36. The van der Waals surface area contributed by atoms with Crippen LogP contribution in [0.1, 0.15) is 21.6 Å². The summed E-state index contributed by atoms with van der Waals surface area (Å²) in [5.74, 6) is 0.00679. The highest BCUT2D eigenvalue weighted by Crippen LogP contribution is 2.20. The van der Waals surface area contributed by atoms with Gasteiger partial charge in [0.05, 0.1) is 23.1 Å². The Hall–Kier alpha value is -2.33. The fraction of sp³-hybridized carbons (Fsp3) is 0.111. The second-order valence-electron chi connectivity index (χ2n) is 4.95. The summed E-state index contributed by atoms with van der Waals surface area (Å²) in [5.41, 5.74) is 3.14. The predicted octanol–water partition coefficient (Wildman–Crippen LogP) is 4.13. The molecule has 110 valence electrons. The van der Waals surface area contributed by atoms with Gasteiger partial charge in [-0.1, -0.05) is 18.2 Å². The first kappa shape index (κ1) is 14.6. The van der Waals surface area contributed by atoms with E-state index in [0.29, 0.717) is 11.1 Å². The molecule has 1 aromatic heterocycles. The normalized spacial score (nSPS) is 10.6. The maximum Gasteiger partial charge on any atom is 0.196 e. The second kappa shape index (κ2) is 6.20. The SMILES string of the molecule is CSc1ccc(C(=O)c2cnn(-c3ccccc3)c2C)cc1. The number of hydrogen-bond acceptors (Lipinski definition) is 3. The largest absolute Gasteiger partial charge is 0.288 e. The summed E-state index contributed by atoms with van der Waals surface area (Å²) in [6.45, 7) is 1.92. The van der Waals surface area contributed by atoms with Gasteiger partial charge in [-0.2, -0.15) is 5.10 Å². The third-order valence-corrected chi connectivity index (χ3v) is 4.35. The zero-order valence-electron chi connectivity index (χ0n) is 12.5. The fourth-order valence-electron chi connectivity index (χ4n) is 2.36. The van der Waals surface area contributed by atoms with Crippen molar-refractivity contribution < 1.29 is 4.79 Å². The Morgan fingerprint density at radius 1 is 1.05 bits per heavy atom. The molecule has 3 nitrogen and oxygen atoms in total. The lowest BCUT2D eigenvalue weighted by Gasteiger charge is -2.05. The van der Waals surface area contributed by atoms with E-state index in [1.165, 1.54) is 0 Å². The summed E-state index contributed by atoms with van der Waals surface area (Å²) in [4.78, 5) is 13.8. The Labute approximate surface area is 134 Å². The summed E-state index contributed by atoms with van der Waals surface area (Å²) in [6, 6.07) is 17.5. The zero-order chi connectivity index (χ0) is 15.5. The molecule has 0 saturated heterocycles. The number of para-hydroxylation sites is 1. The van der Waals surface area contributed by atoms with E-state index in [0.717, 1.165) is 16.3 Å². The van der Waals surface area contributed by atoms with Crippen LogP contribution >= 0.6 is 11.8 Å². The standard InChI is InChI=1S/C18H16N2OS/c1-13-17(12-19-20(13)15-6-4-3-5-7-15)18(21)14-8-10-16(22-2)11-9-14/h3-12H,1-2H3. The van der Waals surface area contributed by atoms with E-state index in [2.05, 4.69) is 5.10 Å². The van der Waals surface area contributed by atoms with Crippen LogP contribution < -0.4 is 0 Å². The van der Waals surface area contributed by atoms with E-state index in [9.17, 15) is 4.79 Å². The van der Waals surface area contributed by atoms with Gasteiger partial charge >= 0.3 is 0 Å². The molecule has 0 aliphatic heterocycles. The summed E-state index contributed by atoms with van der Waals surface area (Å²) < 4.78 is 1.80. The molecular formula is C18H16N2OS. The van der Waals surface area contributed by atoms with Crippen molar-refractivity contribution in [3.05, 3.63) is 77.6 Å². The molecule has 0 fully saturated rings. The van der Waals surface area contributed by atoms with Crippen LogP contribution in [0.5, 0.6) is 0 Å². The minimum atomic E-state index is 0.00679. The van der Waals surface area contributed by atoms with Gasteiger partial charge in [-0.25, -0.2) is 4.68 Å². The van der Waals surface area contributed by atoms with Gasteiger partial charge in [0.2, 0.25) is 0 Å². The van der Waals surface area contributed by atoms with Crippen molar-refractivity contribution in [2.24, 2.45) is 0 Å². The van der Waals surface area contributed by atoms with Crippen molar-refractivity contribution in [1.82, 2.24) is 9.78 Å². The number of carbonyl (C=O) groups excluding carboxylic acids is 1. The first-order valence-electron chi connectivity index (χ1n) is 6.99.